The number of azide groups is 1. The van der Waals surface area contributed by atoms with Gasteiger partial charge in [-0.25, -0.2) is 0 Å². The molecule has 0 N–H and O–H groups in total. The first-order valence-electron chi connectivity index (χ1n) is 3.08. The topological polar surface area (TPSA) is 72.5 Å². The predicted octanol–water partition coefficient (Wildman–Crippen LogP) is 2.32. The number of nitriles is 1. The summed E-state index contributed by atoms with van der Waals surface area (Å²) in [7, 11) is 0. The van der Waals surface area contributed by atoms with Gasteiger partial charge in [0.25, 0.3) is 0 Å². The Balaban J connectivity index is 3.85. The van der Waals surface area contributed by atoms with E-state index in [1.165, 1.54) is 6.08 Å². The van der Waals surface area contributed by atoms with Crippen LogP contribution in [-0.4, -0.2) is 6.04 Å². The summed E-state index contributed by atoms with van der Waals surface area (Å²) in [6, 6.07) is 1.67. The van der Waals surface area contributed by atoms with Crippen LogP contribution in [0.25, 0.3) is 10.4 Å². The summed E-state index contributed by atoms with van der Waals surface area (Å²) >= 11 is 0. The summed E-state index contributed by atoms with van der Waals surface area (Å²) in [5.41, 5.74) is 7.99. The average molecular weight is 148 g/mol. The van der Waals surface area contributed by atoms with Gasteiger partial charge >= 0.3 is 0 Å². The van der Waals surface area contributed by atoms with E-state index in [1.807, 2.05) is 6.07 Å². The highest BCUT2D eigenvalue weighted by Gasteiger charge is 1.85. The van der Waals surface area contributed by atoms with E-state index in [2.05, 4.69) is 10.0 Å². The fourth-order valence-corrected chi connectivity index (χ4v) is 0.443. The van der Waals surface area contributed by atoms with Crippen LogP contribution in [0.3, 0.4) is 0 Å². The van der Waals surface area contributed by atoms with E-state index in [4.69, 9.17) is 10.8 Å². The SMILES string of the molecule is CC(/C=C/C=C\C#N)N=[N+]=[N-]. The number of allylic oxidation sites excluding steroid dienone is 3. The molecule has 0 saturated carbocycles. The summed E-state index contributed by atoms with van der Waals surface area (Å²) in [6.45, 7) is 1.76. The zero-order chi connectivity index (χ0) is 8.53. The molecule has 0 amide bonds. The second-order valence-electron chi connectivity index (χ2n) is 1.82. The third-order valence-corrected chi connectivity index (χ3v) is 0.905. The van der Waals surface area contributed by atoms with Crippen molar-refractivity contribution in [3.63, 3.8) is 0 Å². The van der Waals surface area contributed by atoms with Gasteiger partial charge in [-0.05, 0) is 5.53 Å². The van der Waals surface area contributed by atoms with Gasteiger partial charge in [-0.2, -0.15) is 5.26 Å². The molecule has 1 unspecified atom stereocenters. The maximum absolute atomic E-state index is 8.08. The van der Waals surface area contributed by atoms with Gasteiger partial charge in [0.05, 0.1) is 12.1 Å². The van der Waals surface area contributed by atoms with Crippen LogP contribution in [0, 0.1) is 11.3 Å². The highest BCUT2D eigenvalue weighted by molar-refractivity contribution is 5.12. The predicted molar refractivity (Wildman–Crippen MR) is 42.5 cm³/mol. The minimum Gasteiger partial charge on any atom is -0.193 e. The van der Waals surface area contributed by atoms with Crippen molar-refractivity contribution in [3.8, 4) is 6.07 Å². The van der Waals surface area contributed by atoms with Crippen molar-refractivity contribution in [2.75, 3.05) is 0 Å². The first kappa shape index (κ1) is 9.28. The standard InChI is InChI=1S/C7H8N4/c1-7(10-11-9)5-3-2-4-6-8/h2-5,7H,1H3/b4-2-,5-3+. The number of nitrogens with zero attached hydrogens (tertiary/aromatic N) is 4. The van der Waals surface area contributed by atoms with Gasteiger partial charge in [0.1, 0.15) is 0 Å². The number of hydrogen-bond donors (Lipinski definition) is 0. The lowest BCUT2D eigenvalue weighted by Crippen LogP contribution is -1.86. The molecule has 0 aliphatic carbocycles. The van der Waals surface area contributed by atoms with Gasteiger partial charge in [0.15, 0.2) is 0 Å². The van der Waals surface area contributed by atoms with E-state index < -0.39 is 0 Å². The Morgan fingerprint density at radius 1 is 1.64 bits per heavy atom. The molecule has 0 radical (unpaired) electrons. The first-order chi connectivity index (χ1) is 5.31. The Labute approximate surface area is 65.1 Å². The largest absolute Gasteiger partial charge is 0.193 e. The Hall–Kier alpha value is -1.72. The molecule has 0 aliphatic rings. The van der Waals surface area contributed by atoms with E-state index in [-0.39, 0.29) is 6.04 Å². The van der Waals surface area contributed by atoms with Crippen LogP contribution in [0.4, 0.5) is 0 Å². The van der Waals surface area contributed by atoms with Crippen LogP contribution in [0.5, 0.6) is 0 Å². The molecular weight excluding hydrogens is 140 g/mol. The van der Waals surface area contributed by atoms with E-state index in [0.717, 1.165) is 0 Å². The lowest BCUT2D eigenvalue weighted by Gasteiger charge is -1.89. The molecule has 0 saturated heterocycles. The molecule has 0 aromatic heterocycles. The second kappa shape index (κ2) is 6.40. The van der Waals surface area contributed by atoms with Crippen molar-refractivity contribution in [1.82, 2.24) is 0 Å². The lowest BCUT2D eigenvalue weighted by molar-refractivity contribution is 0.911. The summed E-state index contributed by atoms with van der Waals surface area (Å²) in [5, 5.41) is 11.5. The molecule has 56 valence electrons. The maximum atomic E-state index is 8.08. The van der Waals surface area contributed by atoms with Gasteiger partial charge in [-0.1, -0.05) is 30.3 Å². The fourth-order valence-electron chi connectivity index (χ4n) is 0.443. The molecule has 0 aromatic rings. The van der Waals surface area contributed by atoms with Crippen LogP contribution in [0.2, 0.25) is 0 Å². The van der Waals surface area contributed by atoms with Crippen molar-refractivity contribution in [1.29, 1.82) is 5.26 Å². The molecule has 1 atom stereocenters. The lowest BCUT2D eigenvalue weighted by atomic mass is 10.3. The van der Waals surface area contributed by atoms with Gasteiger partial charge < -0.3 is 0 Å². The van der Waals surface area contributed by atoms with Gasteiger partial charge in [0, 0.05) is 11.0 Å². The Morgan fingerprint density at radius 2 is 2.36 bits per heavy atom. The fraction of sp³-hybridized carbons (Fsp3) is 0.286. The Morgan fingerprint density at radius 3 is 2.91 bits per heavy atom. The average Bonchev–Trinajstić information content (AvgIpc) is 1.99. The molecule has 0 aliphatic heterocycles. The summed E-state index contributed by atoms with van der Waals surface area (Å²) < 4.78 is 0. The van der Waals surface area contributed by atoms with Crippen molar-refractivity contribution in [2.45, 2.75) is 13.0 Å². The molecule has 0 heterocycles. The van der Waals surface area contributed by atoms with Crippen molar-refractivity contribution in [2.24, 2.45) is 5.11 Å². The van der Waals surface area contributed by atoms with Gasteiger partial charge in [-0.15, -0.1) is 0 Å². The highest BCUT2D eigenvalue weighted by atomic mass is 15.1. The van der Waals surface area contributed by atoms with Crippen molar-refractivity contribution < 1.29 is 0 Å². The normalized spacial score (nSPS) is 12.7. The molecule has 4 nitrogen and oxygen atoms in total. The molecular formula is C7H8N4. The molecule has 0 spiro atoms. The summed E-state index contributed by atoms with van der Waals surface area (Å²) in [5.74, 6) is 0. The zero-order valence-corrected chi connectivity index (χ0v) is 6.18. The number of rotatable bonds is 3. The zero-order valence-electron chi connectivity index (χ0n) is 6.18. The summed E-state index contributed by atoms with van der Waals surface area (Å²) in [4.78, 5) is 2.62. The molecule has 4 heteroatoms. The molecule has 0 rings (SSSR count). The minimum absolute atomic E-state index is 0.164. The van der Waals surface area contributed by atoms with Crippen LogP contribution < -0.4 is 0 Å². The highest BCUT2D eigenvalue weighted by Crippen LogP contribution is 1.91. The summed E-state index contributed by atoms with van der Waals surface area (Å²) in [6.07, 6.45) is 6.30. The molecule has 0 fully saturated rings. The Kier molecular flexibility index (Phi) is 5.40. The third-order valence-electron chi connectivity index (χ3n) is 0.905. The Bertz CT molecular complexity index is 240. The number of hydrogen-bond acceptors (Lipinski definition) is 2. The maximum Gasteiger partial charge on any atom is 0.0912 e. The van der Waals surface area contributed by atoms with Gasteiger partial charge in [0.2, 0.25) is 0 Å². The van der Waals surface area contributed by atoms with Crippen LogP contribution in [0.1, 0.15) is 6.92 Å². The van der Waals surface area contributed by atoms with E-state index in [9.17, 15) is 0 Å². The third kappa shape index (κ3) is 6.16. The van der Waals surface area contributed by atoms with Crippen molar-refractivity contribution in [3.05, 3.63) is 34.7 Å². The van der Waals surface area contributed by atoms with Crippen LogP contribution in [0.15, 0.2) is 29.4 Å². The molecule has 11 heavy (non-hydrogen) atoms. The second-order valence-corrected chi connectivity index (χ2v) is 1.82. The quantitative estimate of drug-likeness (QED) is 0.199. The van der Waals surface area contributed by atoms with Crippen molar-refractivity contribution >= 4 is 0 Å². The smallest absolute Gasteiger partial charge is 0.0912 e. The van der Waals surface area contributed by atoms with E-state index in [0.29, 0.717) is 0 Å². The van der Waals surface area contributed by atoms with Crippen LogP contribution in [-0.2, 0) is 0 Å². The van der Waals surface area contributed by atoms with E-state index >= 15 is 0 Å². The minimum atomic E-state index is -0.164. The molecule has 0 aromatic carbocycles. The monoisotopic (exact) mass is 148 g/mol. The molecule has 0 bridgehead atoms. The van der Waals surface area contributed by atoms with Gasteiger partial charge in [-0.3, -0.25) is 0 Å². The van der Waals surface area contributed by atoms with Crippen LogP contribution >= 0.6 is 0 Å². The van der Waals surface area contributed by atoms with E-state index in [1.54, 1.807) is 25.2 Å². The first-order valence-corrected chi connectivity index (χ1v) is 3.08.